The highest BCUT2D eigenvalue weighted by molar-refractivity contribution is 5.80. The molecule has 1 saturated carbocycles. The molecule has 0 amide bonds. The van der Waals surface area contributed by atoms with Gasteiger partial charge in [0.2, 0.25) is 0 Å². The van der Waals surface area contributed by atoms with E-state index < -0.39 is 17.4 Å². The first-order valence-electron chi connectivity index (χ1n) is 5.81. The Balaban J connectivity index is 0.000000315. The third kappa shape index (κ3) is 7.26. The van der Waals surface area contributed by atoms with E-state index in [0.29, 0.717) is 0 Å². The number of aliphatic carboxylic acids is 2. The van der Waals surface area contributed by atoms with Gasteiger partial charge in [-0.05, 0) is 13.8 Å². The molecule has 0 unspecified atom stereocenters. The number of rotatable bonds is 3. The SMILES string of the molecule is C1CCCCC1.CC(C)(CC(=O)O)C(=O)O. The lowest BCUT2D eigenvalue weighted by atomic mass is 9.90. The van der Waals surface area contributed by atoms with Crippen molar-refractivity contribution in [1.29, 1.82) is 0 Å². The first-order valence-corrected chi connectivity index (χ1v) is 5.81. The molecule has 1 rings (SSSR count). The molecule has 0 heterocycles. The second-order valence-corrected chi connectivity index (χ2v) is 4.88. The minimum Gasteiger partial charge on any atom is -0.481 e. The van der Waals surface area contributed by atoms with Crippen molar-refractivity contribution >= 4 is 11.9 Å². The quantitative estimate of drug-likeness (QED) is 0.781. The van der Waals surface area contributed by atoms with Crippen molar-refractivity contribution in [2.45, 2.75) is 58.8 Å². The van der Waals surface area contributed by atoms with Crippen LogP contribution in [0.4, 0.5) is 0 Å². The summed E-state index contributed by atoms with van der Waals surface area (Å²) in [5.74, 6) is -2.18. The Hall–Kier alpha value is -1.06. The number of carbonyl (C=O) groups is 2. The van der Waals surface area contributed by atoms with Gasteiger partial charge in [-0.3, -0.25) is 9.59 Å². The van der Waals surface area contributed by atoms with Gasteiger partial charge in [0.25, 0.3) is 0 Å². The van der Waals surface area contributed by atoms with E-state index in [4.69, 9.17) is 10.2 Å². The molecule has 0 aromatic rings. The van der Waals surface area contributed by atoms with Crippen LogP contribution < -0.4 is 0 Å². The molecule has 4 nitrogen and oxygen atoms in total. The highest BCUT2D eigenvalue weighted by Crippen LogP contribution is 2.19. The highest BCUT2D eigenvalue weighted by Gasteiger charge is 2.29. The van der Waals surface area contributed by atoms with Crippen LogP contribution >= 0.6 is 0 Å². The average molecular weight is 230 g/mol. The largest absolute Gasteiger partial charge is 0.481 e. The first-order chi connectivity index (χ1) is 7.36. The molecule has 1 aliphatic rings. The fourth-order valence-electron chi connectivity index (χ4n) is 1.51. The van der Waals surface area contributed by atoms with Crippen LogP contribution in [-0.2, 0) is 9.59 Å². The Morgan fingerprint density at radius 1 is 0.938 bits per heavy atom. The molecule has 2 N–H and O–H groups in total. The Kier molecular flexibility index (Phi) is 6.77. The lowest BCUT2D eigenvalue weighted by Crippen LogP contribution is -2.26. The van der Waals surface area contributed by atoms with Crippen molar-refractivity contribution < 1.29 is 19.8 Å². The van der Waals surface area contributed by atoms with Crippen LogP contribution in [0.25, 0.3) is 0 Å². The summed E-state index contributed by atoms with van der Waals surface area (Å²) < 4.78 is 0. The van der Waals surface area contributed by atoms with Gasteiger partial charge >= 0.3 is 11.9 Å². The van der Waals surface area contributed by atoms with Crippen LogP contribution in [0.3, 0.4) is 0 Å². The topological polar surface area (TPSA) is 74.6 Å². The van der Waals surface area contributed by atoms with Crippen molar-refractivity contribution in [1.82, 2.24) is 0 Å². The molecule has 0 saturated heterocycles. The van der Waals surface area contributed by atoms with Gasteiger partial charge in [-0.25, -0.2) is 0 Å². The summed E-state index contributed by atoms with van der Waals surface area (Å²) in [7, 11) is 0. The van der Waals surface area contributed by atoms with E-state index in [1.54, 1.807) is 0 Å². The van der Waals surface area contributed by atoms with Crippen LogP contribution in [-0.4, -0.2) is 22.2 Å². The number of hydrogen-bond acceptors (Lipinski definition) is 2. The zero-order valence-corrected chi connectivity index (χ0v) is 10.2. The van der Waals surface area contributed by atoms with Gasteiger partial charge in [-0.1, -0.05) is 38.5 Å². The Bertz CT molecular complexity index is 218. The van der Waals surface area contributed by atoms with E-state index in [-0.39, 0.29) is 6.42 Å². The maximum atomic E-state index is 10.3. The molecule has 16 heavy (non-hydrogen) atoms. The van der Waals surface area contributed by atoms with E-state index in [1.165, 1.54) is 52.4 Å². The van der Waals surface area contributed by atoms with Crippen molar-refractivity contribution in [2.75, 3.05) is 0 Å². The lowest BCUT2D eigenvalue weighted by molar-refractivity contribution is -0.153. The van der Waals surface area contributed by atoms with E-state index >= 15 is 0 Å². The molecule has 4 heteroatoms. The number of carboxylic acids is 2. The average Bonchev–Trinajstić information content (AvgIpc) is 2.19. The minimum absolute atomic E-state index is 0.345. The molecule has 94 valence electrons. The van der Waals surface area contributed by atoms with E-state index in [9.17, 15) is 9.59 Å². The Labute approximate surface area is 96.7 Å². The third-order valence-electron chi connectivity index (χ3n) is 2.67. The van der Waals surface area contributed by atoms with Gasteiger partial charge in [-0.15, -0.1) is 0 Å². The number of hydrogen-bond donors (Lipinski definition) is 2. The summed E-state index contributed by atoms with van der Waals surface area (Å²) in [4.78, 5) is 20.3. The molecule has 0 radical (unpaired) electrons. The van der Waals surface area contributed by atoms with Crippen LogP contribution in [0.15, 0.2) is 0 Å². The Morgan fingerprint density at radius 2 is 1.25 bits per heavy atom. The molecule has 1 aliphatic carbocycles. The summed E-state index contributed by atoms with van der Waals surface area (Å²) in [6, 6.07) is 0. The second kappa shape index (κ2) is 7.25. The predicted molar refractivity (Wildman–Crippen MR) is 61.4 cm³/mol. The van der Waals surface area contributed by atoms with Crippen LogP contribution in [0.5, 0.6) is 0 Å². The summed E-state index contributed by atoms with van der Waals surface area (Å²) in [6.07, 6.45) is 8.66. The van der Waals surface area contributed by atoms with Crippen LogP contribution in [0, 0.1) is 5.41 Å². The van der Waals surface area contributed by atoms with Gasteiger partial charge in [0.15, 0.2) is 0 Å². The molecule has 0 bridgehead atoms. The third-order valence-corrected chi connectivity index (χ3v) is 2.67. The van der Waals surface area contributed by atoms with Crippen LogP contribution in [0.1, 0.15) is 58.8 Å². The first kappa shape index (κ1) is 14.9. The van der Waals surface area contributed by atoms with Gasteiger partial charge in [0.05, 0.1) is 11.8 Å². The van der Waals surface area contributed by atoms with Crippen molar-refractivity contribution in [2.24, 2.45) is 5.41 Å². The molecule has 0 spiro atoms. The standard InChI is InChI=1S/C6H10O4.C6H12/c1-6(2,5(9)10)3-4(7)8;1-2-4-6-5-3-1/h3H2,1-2H3,(H,7,8)(H,9,10);1-6H2. The fourth-order valence-corrected chi connectivity index (χ4v) is 1.51. The zero-order chi connectivity index (χ0) is 12.6. The van der Waals surface area contributed by atoms with E-state index in [0.717, 1.165) is 0 Å². The smallest absolute Gasteiger partial charge is 0.309 e. The van der Waals surface area contributed by atoms with E-state index in [2.05, 4.69) is 0 Å². The van der Waals surface area contributed by atoms with Gasteiger partial charge in [0.1, 0.15) is 0 Å². The summed E-state index contributed by atoms with van der Waals surface area (Å²) in [5, 5.41) is 16.7. The molecular weight excluding hydrogens is 208 g/mol. The monoisotopic (exact) mass is 230 g/mol. The molecule has 0 aromatic heterocycles. The normalized spacial score (nSPS) is 15.9. The summed E-state index contributed by atoms with van der Waals surface area (Å²) >= 11 is 0. The highest BCUT2D eigenvalue weighted by atomic mass is 16.4. The fraction of sp³-hybridized carbons (Fsp3) is 0.833. The van der Waals surface area contributed by atoms with E-state index in [1.807, 2.05) is 0 Å². The van der Waals surface area contributed by atoms with Gasteiger partial charge in [0, 0.05) is 0 Å². The molecular formula is C12H22O4. The maximum Gasteiger partial charge on any atom is 0.309 e. The maximum absolute atomic E-state index is 10.3. The minimum atomic E-state index is -1.16. The zero-order valence-electron chi connectivity index (χ0n) is 10.2. The predicted octanol–water partition coefficient (Wildman–Crippen LogP) is 2.91. The molecule has 1 fully saturated rings. The summed E-state index contributed by atoms with van der Waals surface area (Å²) in [5.41, 5.74) is -1.16. The van der Waals surface area contributed by atoms with Gasteiger partial charge in [-0.2, -0.15) is 0 Å². The number of carboxylic acid groups (broad SMARTS) is 2. The van der Waals surface area contributed by atoms with Crippen molar-refractivity contribution in [3.05, 3.63) is 0 Å². The summed E-state index contributed by atoms with van der Waals surface area (Å²) in [6.45, 7) is 2.76. The lowest BCUT2D eigenvalue weighted by Gasteiger charge is -2.14. The van der Waals surface area contributed by atoms with Crippen molar-refractivity contribution in [3.8, 4) is 0 Å². The second-order valence-electron chi connectivity index (χ2n) is 4.88. The molecule has 0 atom stereocenters. The van der Waals surface area contributed by atoms with Crippen LogP contribution in [0.2, 0.25) is 0 Å². The van der Waals surface area contributed by atoms with Crippen molar-refractivity contribution in [3.63, 3.8) is 0 Å². The Morgan fingerprint density at radius 3 is 1.38 bits per heavy atom. The molecule has 0 aliphatic heterocycles. The van der Waals surface area contributed by atoms with Gasteiger partial charge < -0.3 is 10.2 Å². The molecule has 0 aromatic carbocycles.